The molecule has 3 N–H and O–H groups in total. The second kappa shape index (κ2) is 6.50. The van der Waals surface area contributed by atoms with Gasteiger partial charge in [-0.05, 0) is 45.0 Å². The van der Waals surface area contributed by atoms with Gasteiger partial charge in [0.2, 0.25) is 0 Å². The number of hydrogen-bond acceptors (Lipinski definition) is 3. The predicted molar refractivity (Wildman–Crippen MR) is 81.6 cm³/mol. The third kappa shape index (κ3) is 4.03. The highest BCUT2D eigenvalue weighted by Gasteiger charge is 2.21. The summed E-state index contributed by atoms with van der Waals surface area (Å²) in [5.41, 5.74) is 3.98. The Labute approximate surface area is 123 Å². The van der Waals surface area contributed by atoms with Crippen LogP contribution in [0.25, 0.3) is 0 Å². The first kappa shape index (κ1) is 16.1. The molecule has 0 aliphatic heterocycles. The lowest BCUT2D eigenvalue weighted by molar-refractivity contribution is 0.0953. The largest absolute Gasteiger partial charge is 0.297 e. The second-order valence-electron chi connectivity index (χ2n) is 5.30. The highest BCUT2D eigenvalue weighted by Crippen LogP contribution is 2.24. The van der Waals surface area contributed by atoms with Crippen molar-refractivity contribution in [1.29, 1.82) is 0 Å². The Kier molecular flexibility index (Phi) is 5.52. The van der Waals surface area contributed by atoms with Gasteiger partial charge in [0, 0.05) is 22.1 Å². The third-order valence-corrected chi connectivity index (χ3v) is 4.49. The molecule has 0 aromatic heterocycles. The summed E-state index contributed by atoms with van der Waals surface area (Å²) in [5.74, 6) is 4.84. The van der Waals surface area contributed by atoms with E-state index in [9.17, 15) is 4.79 Å². The van der Waals surface area contributed by atoms with Gasteiger partial charge in [0.1, 0.15) is 0 Å². The first-order chi connectivity index (χ1) is 8.81. The van der Waals surface area contributed by atoms with Crippen LogP contribution in [0.5, 0.6) is 0 Å². The number of nitrogens with zero attached hydrogens (tertiary/aromatic N) is 1. The molecule has 0 saturated heterocycles. The van der Waals surface area contributed by atoms with E-state index in [4.69, 9.17) is 5.84 Å². The summed E-state index contributed by atoms with van der Waals surface area (Å²) in [7, 11) is 2.11. The number of nitrogens with two attached hydrogens (primary N) is 1. The van der Waals surface area contributed by atoms with Gasteiger partial charge in [0.05, 0.1) is 0 Å². The summed E-state index contributed by atoms with van der Waals surface area (Å²) in [6.07, 6.45) is 1.08. The SMILES string of the molecule is CCC(C)(C)N(C)Cc1ccc(C(=O)NN)cc1Br. The lowest BCUT2D eigenvalue weighted by Gasteiger charge is -2.35. The van der Waals surface area contributed by atoms with E-state index in [1.54, 1.807) is 12.1 Å². The lowest BCUT2D eigenvalue weighted by Crippen LogP contribution is -2.39. The van der Waals surface area contributed by atoms with Crippen molar-refractivity contribution < 1.29 is 4.79 Å². The maximum atomic E-state index is 11.4. The standard InChI is InChI=1S/C14H22BrN3O/c1-5-14(2,3)18(4)9-11-7-6-10(8-12(11)15)13(19)17-16/h6-8H,5,9,16H2,1-4H3,(H,17,19). The molecule has 0 heterocycles. The van der Waals surface area contributed by atoms with Crippen LogP contribution < -0.4 is 11.3 Å². The van der Waals surface area contributed by atoms with E-state index in [2.05, 4.69) is 54.1 Å². The second-order valence-corrected chi connectivity index (χ2v) is 6.16. The molecule has 0 unspecified atom stereocenters. The molecule has 19 heavy (non-hydrogen) atoms. The molecule has 5 heteroatoms. The van der Waals surface area contributed by atoms with Crippen LogP contribution >= 0.6 is 15.9 Å². The minimum Gasteiger partial charge on any atom is -0.297 e. The van der Waals surface area contributed by atoms with E-state index in [1.165, 1.54) is 0 Å². The molecule has 0 aliphatic rings. The van der Waals surface area contributed by atoms with Crippen LogP contribution in [0.4, 0.5) is 0 Å². The quantitative estimate of drug-likeness (QED) is 0.496. The van der Waals surface area contributed by atoms with Crippen molar-refractivity contribution in [2.45, 2.75) is 39.3 Å². The van der Waals surface area contributed by atoms with Gasteiger partial charge in [-0.1, -0.05) is 28.9 Å². The van der Waals surface area contributed by atoms with Crippen LogP contribution in [0.15, 0.2) is 22.7 Å². The van der Waals surface area contributed by atoms with Crippen LogP contribution in [0.1, 0.15) is 43.1 Å². The van der Waals surface area contributed by atoms with E-state index in [0.717, 1.165) is 23.0 Å². The number of amides is 1. The van der Waals surface area contributed by atoms with Crippen molar-refractivity contribution in [3.8, 4) is 0 Å². The van der Waals surface area contributed by atoms with Gasteiger partial charge < -0.3 is 0 Å². The molecule has 0 atom stereocenters. The molecule has 106 valence electrons. The maximum Gasteiger partial charge on any atom is 0.265 e. The first-order valence-corrected chi connectivity index (χ1v) is 7.11. The maximum absolute atomic E-state index is 11.4. The molecule has 0 aliphatic carbocycles. The van der Waals surface area contributed by atoms with Crippen molar-refractivity contribution in [3.63, 3.8) is 0 Å². The molecule has 0 bridgehead atoms. The van der Waals surface area contributed by atoms with Crippen molar-refractivity contribution in [3.05, 3.63) is 33.8 Å². The number of rotatable bonds is 5. The zero-order valence-electron chi connectivity index (χ0n) is 12.0. The van der Waals surface area contributed by atoms with E-state index in [-0.39, 0.29) is 11.4 Å². The Bertz CT molecular complexity index is 460. The molecular weight excluding hydrogens is 306 g/mol. The van der Waals surface area contributed by atoms with Gasteiger partial charge >= 0.3 is 0 Å². The third-order valence-electron chi connectivity index (χ3n) is 3.75. The van der Waals surface area contributed by atoms with Crippen LogP contribution in [0.3, 0.4) is 0 Å². The molecule has 1 aromatic rings. The normalized spacial score (nSPS) is 11.7. The molecule has 4 nitrogen and oxygen atoms in total. The van der Waals surface area contributed by atoms with Gasteiger partial charge in [-0.25, -0.2) is 5.84 Å². The number of hydrazine groups is 1. The Morgan fingerprint density at radius 2 is 2.11 bits per heavy atom. The Hall–Kier alpha value is -0.910. The number of benzene rings is 1. The molecule has 0 spiro atoms. The molecule has 0 radical (unpaired) electrons. The predicted octanol–water partition coefficient (Wildman–Crippen LogP) is 2.67. The summed E-state index contributed by atoms with van der Waals surface area (Å²) in [5, 5.41) is 0. The Morgan fingerprint density at radius 1 is 1.47 bits per heavy atom. The Balaban J connectivity index is 2.89. The highest BCUT2D eigenvalue weighted by atomic mass is 79.9. The topological polar surface area (TPSA) is 58.4 Å². The minimum absolute atomic E-state index is 0.146. The average Bonchev–Trinajstić information content (AvgIpc) is 2.39. The highest BCUT2D eigenvalue weighted by molar-refractivity contribution is 9.10. The molecule has 0 saturated carbocycles. The first-order valence-electron chi connectivity index (χ1n) is 6.32. The van der Waals surface area contributed by atoms with Gasteiger partial charge in [0.15, 0.2) is 0 Å². The summed E-state index contributed by atoms with van der Waals surface area (Å²) in [6, 6.07) is 5.54. The number of halogens is 1. The number of nitrogen functional groups attached to an aromatic ring is 1. The number of nitrogens with one attached hydrogen (secondary N) is 1. The van der Waals surface area contributed by atoms with Crippen LogP contribution in [-0.4, -0.2) is 23.4 Å². The molecule has 0 fully saturated rings. The van der Waals surface area contributed by atoms with Crippen LogP contribution in [0.2, 0.25) is 0 Å². The van der Waals surface area contributed by atoms with Gasteiger partial charge in [-0.15, -0.1) is 0 Å². The van der Waals surface area contributed by atoms with E-state index >= 15 is 0 Å². The Morgan fingerprint density at radius 3 is 2.58 bits per heavy atom. The van der Waals surface area contributed by atoms with Gasteiger partial charge in [-0.2, -0.15) is 0 Å². The monoisotopic (exact) mass is 327 g/mol. The van der Waals surface area contributed by atoms with Crippen LogP contribution in [-0.2, 0) is 6.54 Å². The molecule has 1 rings (SSSR count). The van der Waals surface area contributed by atoms with Crippen molar-refractivity contribution in [2.24, 2.45) is 5.84 Å². The van der Waals surface area contributed by atoms with E-state index in [1.807, 2.05) is 6.07 Å². The van der Waals surface area contributed by atoms with E-state index < -0.39 is 0 Å². The van der Waals surface area contributed by atoms with Crippen molar-refractivity contribution in [1.82, 2.24) is 10.3 Å². The summed E-state index contributed by atoms with van der Waals surface area (Å²) in [6.45, 7) is 7.44. The van der Waals surface area contributed by atoms with Crippen LogP contribution in [0, 0.1) is 0 Å². The summed E-state index contributed by atoms with van der Waals surface area (Å²) in [4.78, 5) is 13.7. The zero-order valence-corrected chi connectivity index (χ0v) is 13.5. The number of carbonyl (C=O) groups excluding carboxylic acids is 1. The van der Waals surface area contributed by atoms with Gasteiger partial charge in [-0.3, -0.25) is 15.1 Å². The number of hydrogen-bond donors (Lipinski definition) is 2. The smallest absolute Gasteiger partial charge is 0.265 e. The minimum atomic E-state index is -0.283. The molecular formula is C14H22BrN3O. The van der Waals surface area contributed by atoms with Crippen molar-refractivity contribution >= 4 is 21.8 Å². The van der Waals surface area contributed by atoms with Gasteiger partial charge in [0.25, 0.3) is 5.91 Å². The van der Waals surface area contributed by atoms with E-state index in [0.29, 0.717) is 5.56 Å². The zero-order chi connectivity index (χ0) is 14.6. The fourth-order valence-corrected chi connectivity index (χ4v) is 2.14. The summed E-state index contributed by atoms with van der Waals surface area (Å²) >= 11 is 3.51. The fraction of sp³-hybridized carbons (Fsp3) is 0.500. The lowest BCUT2D eigenvalue weighted by atomic mass is 9.99. The molecule has 1 aromatic carbocycles. The summed E-state index contributed by atoms with van der Waals surface area (Å²) < 4.78 is 0.923. The average molecular weight is 328 g/mol. The molecule has 1 amide bonds. The number of carbonyl (C=O) groups is 1. The van der Waals surface area contributed by atoms with Crippen molar-refractivity contribution in [2.75, 3.05) is 7.05 Å². The fourth-order valence-electron chi connectivity index (χ4n) is 1.64.